The first-order valence-corrected chi connectivity index (χ1v) is 11.0. The van der Waals surface area contributed by atoms with Crippen LogP contribution in [-0.4, -0.2) is 46.3 Å². The summed E-state index contributed by atoms with van der Waals surface area (Å²) in [5, 5.41) is 10.2. The number of carboxylic acid groups (broad SMARTS) is 1. The van der Waals surface area contributed by atoms with E-state index in [0.29, 0.717) is 0 Å². The van der Waals surface area contributed by atoms with Crippen LogP contribution in [0.5, 0.6) is 0 Å². The average molecular weight is 425 g/mol. The molecule has 0 radical (unpaired) electrons. The van der Waals surface area contributed by atoms with Crippen molar-refractivity contribution in [2.75, 3.05) is 0 Å². The van der Waals surface area contributed by atoms with Crippen molar-refractivity contribution in [2.45, 2.75) is 110 Å². The maximum atomic E-state index is 10.2. The van der Waals surface area contributed by atoms with Crippen LogP contribution in [0.4, 0.5) is 0 Å². The van der Waals surface area contributed by atoms with E-state index in [4.69, 9.17) is 17.5 Å². The summed E-state index contributed by atoms with van der Waals surface area (Å²) in [7, 11) is -5.17. The second kappa shape index (κ2) is 25.8. The minimum Gasteiger partial charge on any atom is -0.759 e. The molecule has 0 spiro atoms. The third-order valence-electron chi connectivity index (χ3n) is 3.98. The molecule has 0 bridgehead atoms. The van der Waals surface area contributed by atoms with Crippen LogP contribution >= 0.6 is 0 Å². The first kappa shape index (κ1) is 34.3. The molecular formula is C18H37AlO7S. The summed E-state index contributed by atoms with van der Waals surface area (Å²) in [5.41, 5.74) is 0. The van der Waals surface area contributed by atoms with E-state index in [1.807, 2.05) is 0 Å². The molecule has 0 saturated heterocycles. The number of hydrogen-bond acceptors (Lipinski definition) is 6. The molecule has 0 unspecified atom stereocenters. The molecule has 0 rings (SSSR count). The summed E-state index contributed by atoms with van der Waals surface area (Å²) in [5.74, 6) is -0.903. The second-order valence-electron chi connectivity index (χ2n) is 6.48. The van der Waals surface area contributed by atoms with Gasteiger partial charge in [0.1, 0.15) is 0 Å². The SMILES string of the molecule is CCCCCCCCCCCCCCCCCC(=O)[O-].O.O=S(=O)([O-])[O-].[Al+3]. The molecule has 0 aliphatic carbocycles. The molecule has 0 aliphatic rings. The summed E-state index contributed by atoms with van der Waals surface area (Å²) < 4.78 is 34.1. The number of aliphatic carboxylic acids is 1. The molecule has 0 fully saturated rings. The zero-order valence-electron chi connectivity index (χ0n) is 16.7. The third-order valence-corrected chi connectivity index (χ3v) is 3.98. The van der Waals surface area contributed by atoms with Crippen molar-refractivity contribution in [3.63, 3.8) is 0 Å². The molecule has 0 atom stereocenters. The van der Waals surface area contributed by atoms with Gasteiger partial charge < -0.3 is 24.5 Å². The number of rotatable bonds is 16. The van der Waals surface area contributed by atoms with E-state index in [2.05, 4.69) is 6.92 Å². The van der Waals surface area contributed by atoms with Gasteiger partial charge in [-0.2, -0.15) is 0 Å². The van der Waals surface area contributed by atoms with E-state index in [1.165, 1.54) is 83.5 Å². The summed E-state index contributed by atoms with van der Waals surface area (Å²) in [6.45, 7) is 2.27. The van der Waals surface area contributed by atoms with Crippen LogP contribution in [-0.2, 0) is 15.2 Å². The standard InChI is InChI=1S/C18H36O2.Al.H2O4S.H2O/c1-2-3-4-5-6-7-8-9-10-11-12-13-14-15-16-17-18(19)20;;1-5(2,3)4;/h2-17H2,1H3,(H,19,20);;(H2,1,2,3,4);1H2/q;+3;;/p-3. The molecule has 7 nitrogen and oxygen atoms in total. The van der Waals surface area contributed by atoms with Crippen molar-refractivity contribution in [1.29, 1.82) is 0 Å². The van der Waals surface area contributed by atoms with Gasteiger partial charge in [0.05, 0.1) is 0 Å². The molecule has 0 aromatic rings. The van der Waals surface area contributed by atoms with E-state index in [9.17, 15) is 9.90 Å². The fourth-order valence-corrected chi connectivity index (χ4v) is 2.64. The summed E-state index contributed by atoms with van der Waals surface area (Å²) in [6.07, 6.45) is 19.9. The van der Waals surface area contributed by atoms with Crippen LogP contribution < -0.4 is 5.11 Å². The van der Waals surface area contributed by atoms with E-state index >= 15 is 0 Å². The van der Waals surface area contributed by atoms with Gasteiger partial charge in [-0.05, 0) is 12.8 Å². The smallest absolute Gasteiger partial charge is 0.759 e. The molecule has 0 saturated carbocycles. The van der Waals surface area contributed by atoms with Gasteiger partial charge in [0.2, 0.25) is 0 Å². The van der Waals surface area contributed by atoms with Gasteiger partial charge >= 0.3 is 17.4 Å². The normalized spacial score (nSPS) is 10.2. The van der Waals surface area contributed by atoms with Crippen molar-refractivity contribution >= 4 is 33.7 Å². The molecule has 0 aromatic heterocycles. The number of hydrogen-bond donors (Lipinski definition) is 0. The van der Waals surface area contributed by atoms with Crippen LogP contribution in [0.25, 0.3) is 0 Å². The minimum atomic E-state index is -5.17. The molecule has 9 heteroatoms. The van der Waals surface area contributed by atoms with Crippen LogP contribution in [0, 0.1) is 0 Å². The minimum absolute atomic E-state index is 0. The van der Waals surface area contributed by atoms with E-state index in [-0.39, 0.29) is 29.3 Å². The molecule has 160 valence electrons. The Hall–Kier alpha value is -0.168. The molecule has 2 N–H and O–H groups in total. The number of carbonyl (C=O) groups is 1. The van der Waals surface area contributed by atoms with Gasteiger partial charge in [-0.25, -0.2) is 0 Å². The van der Waals surface area contributed by atoms with Crippen LogP contribution in [0.2, 0.25) is 0 Å². The topological polar surface area (TPSA) is 152 Å². The maximum Gasteiger partial charge on any atom is 3.00 e. The Morgan fingerprint density at radius 1 is 0.667 bits per heavy atom. The Balaban J connectivity index is -0.000000333. The average Bonchev–Trinajstić information content (AvgIpc) is 2.49. The van der Waals surface area contributed by atoms with Gasteiger partial charge in [-0.15, -0.1) is 0 Å². The molecule has 27 heavy (non-hydrogen) atoms. The molecular weight excluding hydrogens is 387 g/mol. The maximum absolute atomic E-state index is 10.2. The first-order chi connectivity index (χ1) is 11.8. The van der Waals surface area contributed by atoms with Crippen molar-refractivity contribution in [1.82, 2.24) is 0 Å². The molecule has 0 heterocycles. The van der Waals surface area contributed by atoms with Gasteiger partial charge in [0.15, 0.2) is 0 Å². The summed E-state index contributed by atoms with van der Waals surface area (Å²) in [4.78, 5) is 10.2. The Bertz CT molecular complexity index is 381. The van der Waals surface area contributed by atoms with E-state index < -0.39 is 16.4 Å². The van der Waals surface area contributed by atoms with Crippen molar-refractivity contribution in [2.24, 2.45) is 0 Å². The Morgan fingerprint density at radius 3 is 1.11 bits per heavy atom. The van der Waals surface area contributed by atoms with Gasteiger partial charge in [0, 0.05) is 16.4 Å². The van der Waals surface area contributed by atoms with Crippen LogP contribution in [0.15, 0.2) is 0 Å². The van der Waals surface area contributed by atoms with Crippen LogP contribution in [0.1, 0.15) is 110 Å². The predicted molar refractivity (Wildman–Crippen MR) is 104 cm³/mol. The van der Waals surface area contributed by atoms with E-state index in [1.54, 1.807) is 0 Å². The third kappa shape index (κ3) is 51.8. The quantitative estimate of drug-likeness (QED) is 0.160. The summed E-state index contributed by atoms with van der Waals surface area (Å²) >= 11 is 0. The Labute approximate surface area is 176 Å². The fourth-order valence-electron chi connectivity index (χ4n) is 2.64. The number of carbonyl (C=O) groups excluding carboxylic acids is 1. The van der Waals surface area contributed by atoms with E-state index in [0.717, 1.165) is 12.8 Å². The Morgan fingerprint density at radius 2 is 0.889 bits per heavy atom. The number of unbranched alkanes of at least 4 members (excludes halogenated alkanes) is 14. The zero-order chi connectivity index (χ0) is 19.4. The summed E-state index contributed by atoms with van der Waals surface area (Å²) in [6, 6.07) is 0. The Kier molecular flexibility index (Phi) is 32.9. The van der Waals surface area contributed by atoms with Gasteiger partial charge in [0.25, 0.3) is 0 Å². The first-order valence-electron chi connectivity index (χ1n) is 9.64. The van der Waals surface area contributed by atoms with Gasteiger partial charge in [-0.3, -0.25) is 8.42 Å². The second-order valence-corrected chi connectivity index (χ2v) is 7.30. The van der Waals surface area contributed by atoms with Crippen LogP contribution in [0.3, 0.4) is 0 Å². The monoisotopic (exact) mass is 424 g/mol. The van der Waals surface area contributed by atoms with Crippen molar-refractivity contribution in [3.8, 4) is 0 Å². The number of carboxylic acids is 1. The van der Waals surface area contributed by atoms with Crippen molar-refractivity contribution in [3.05, 3.63) is 0 Å². The molecule has 0 aliphatic heterocycles. The van der Waals surface area contributed by atoms with Crippen molar-refractivity contribution < 1.29 is 32.9 Å². The molecule has 0 amide bonds. The fraction of sp³-hybridized carbons (Fsp3) is 0.944. The van der Waals surface area contributed by atoms with Gasteiger partial charge in [-0.1, -0.05) is 96.8 Å². The largest absolute Gasteiger partial charge is 3.00 e. The predicted octanol–water partition coefficient (Wildman–Crippen LogP) is 2.45. The molecule has 0 aromatic carbocycles. The zero-order valence-corrected chi connectivity index (χ0v) is 18.7.